The van der Waals surface area contributed by atoms with E-state index in [1.165, 1.54) is 0 Å². The van der Waals surface area contributed by atoms with Crippen molar-refractivity contribution in [2.75, 3.05) is 31.7 Å². The molecule has 0 N–H and O–H groups in total. The maximum absolute atomic E-state index is 12.4. The first-order valence-electron chi connectivity index (χ1n) is 7.05. The summed E-state index contributed by atoms with van der Waals surface area (Å²) < 4.78 is 5.22. The second-order valence-electron chi connectivity index (χ2n) is 5.02. The van der Waals surface area contributed by atoms with E-state index in [4.69, 9.17) is 4.74 Å². The molecule has 0 bridgehead atoms. The molecule has 0 spiro atoms. The molecule has 4 nitrogen and oxygen atoms in total. The third-order valence-corrected chi connectivity index (χ3v) is 4.69. The summed E-state index contributed by atoms with van der Waals surface area (Å²) in [5, 5.41) is 1.03. The van der Waals surface area contributed by atoms with Crippen LogP contribution in [-0.4, -0.2) is 47.5 Å². The van der Waals surface area contributed by atoms with Crippen LogP contribution < -0.4 is 4.74 Å². The van der Waals surface area contributed by atoms with E-state index in [2.05, 4.69) is 4.98 Å². The average molecular weight is 302 g/mol. The Morgan fingerprint density at radius 3 is 2.90 bits per heavy atom. The fourth-order valence-corrected chi connectivity index (χ4v) is 3.46. The van der Waals surface area contributed by atoms with E-state index in [1.54, 1.807) is 13.3 Å². The molecule has 5 heteroatoms. The number of nitrogens with zero attached hydrogens (tertiary/aromatic N) is 2. The number of aromatic nitrogens is 1. The van der Waals surface area contributed by atoms with Crippen molar-refractivity contribution in [3.05, 3.63) is 36.0 Å². The summed E-state index contributed by atoms with van der Waals surface area (Å²) in [5.41, 5.74) is 1.90. The summed E-state index contributed by atoms with van der Waals surface area (Å²) in [6, 6.07) is 7.73. The number of hydrogen-bond donors (Lipinski definition) is 0. The van der Waals surface area contributed by atoms with Crippen LogP contribution in [0.25, 0.3) is 10.9 Å². The van der Waals surface area contributed by atoms with Crippen LogP contribution in [0, 0.1) is 0 Å². The molecule has 1 aromatic heterocycles. The molecule has 0 aliphatic carbocycles. The van der Waals surface area contributed by atoms with Crippen LogP contribution >= 0.6 is 11.8 Å². The van der Waals surface area contributed by atoms with E-state index < -0.39 is 0 Å². The van der Waals surface area contributed by atoms with Crippen molar-refractivity contribution >= 4 is 28.6 Å². The number of rotatable bonds is 3. The van der Waals surface area contributed by atoms with Crippen molar-refractivity contribution in [1.82, 2.24) is 9.88 Å². The van der Waals surface area contributed by atoms with Crippen LogP contribution in [0.1, 0.15) is 5.56 Å². The lowest BCUT2D eigenvalue weighted by Gasteiger charge is -2.26. The lowest BCUT2D eigenvalue weighted by atomic mass is 10.1. The van der Waals surface area contributed by atoms with Gasteiger partial charge >= 0.3 is 0 Å². The minimum atomic E-state index is 0.207. The van der Waals surface area contributed by atoms with E-state index in [-0.39, 0.29) is 5.91 Å². The molecule has 1 amide bonds. The third kappa shape index (κ3) is 3.13. The number of carbonyl (C=O) groups is 1. The predicted molar refractivity (Wildman–Crippen MR) is 85.9 cm³/mol. The zero-order chi connectivity index (χ0) is 14.7. The van der Waals surface area contributed by atoms with Crippen molar-refractivity contribution in [3.8, 4) is 5.75 Å². The van der Waals surface area contributed by atoms with Crippen LogP contribution in [-0.2, 0) is 11.2 Å². The average Bonchev–Trinajstić information content (AvgIpc) is 2.55. The zero-order valence-corrected chi connectivity index (χ0v) is 12.9. The fourth-order valence-electron chi connectivity index (χ4n) is 2.56. The van der Waals surface area contributed by atoms with E-state index in [9.17, 15) is 4.79 Å². The number of pyridine rings is 1. The molecule has 0 radical (unpaired) electrons. The van der Waals surface area contributed by atoms with Gasteiger partial charge in [-0.3, -0.25) is 9.78 Å². The Balaban J connectivity index is 1.84. The van der Waals surface area contributed by atoms with Crippen molar-refractivity contribution in [2.24, 2.45) is 0 Å². The highest BCUT2D eigenvalue weighted by molar-refractivity contribution is 7.99. The molecule has 2 heterocycles. The van der Waals surface area contributed by atoms with Crippen LogP contribution in [0.15, 0.2) is 30.5 Å². The van der Waals surface area contributed by atoms with Crippen molar-refractivity contribution in [2.45, 2.75) is 6.42 Å². The molecule has 1 saturated heterocycles. The highest BCUT2D eigenvalue weighted by atomic mass is 32.2. The Labute approximate surface area is 128 Å². The predicted octanol–water partition coefficient (Wildman–Crippen LogP) is 2.36. The first-order valence-corrected chi connectivity index (χ1v) is 8.20. The van der Waals surface area contributed by atoms with Gasteiger partial charge in [0.05, 0.1) is 19.0 Å². The molecule has 3 rings (SSSR count). The maximum atomic E-state index is 12.4. The highest BCUT2D eigenvalue weighted by Crippen LogP contribution is 2.23. The van der Waals surface area contributed by atoms with Gasteiger partial charge < -0.3 is 9.64 Å². The smallest absolute Gasteiger partial charge is 0.227 e. The Hall–Kier alpha value is -1.75. The number of thioether (sulfide) groups is 1. The van der Waals surface area contributed by atoms with Gasteiger partial charge in [0.15, 0.2) is 0 Å². The van der Waals surface area contributed by atoms with Gasteiger partial charge in [0.25, 0.3) is 0 Å². The summed E-state index contributed by atoms with van der Waals surface area (Å²) in [5.74, 6) is 3.07. The maximum Gasteiger partial charge on any atom is 0.227 e. The zero-order valence-electron chi connectivity index (χ0n) is 12.0. The number of amides is 1. The molecule has 0 unspecified atom stereocenters. The normalized spacial score (nSPS) is 15.2. The molecular formula is C16H18N2O2S. The Morgan fingerprint density at radius 2 is 2.14 bits per heavy atom. The standard InChI is InChI=1S/C16H18N2O2S/c1-20-13-2-3-14-12(4-5-17-15(14)11-13)10-16(19)18-6-8-21-9-7-18/h2-5,11H,6-10H2,1H3. The molecule has 110 valence electrons. The third-order valence-electron chi connectivity index (χ3n) is 3.75. The molecule has 1 aliphatic rings. The summed E-state index contributed by atoms with van der Waals surface area (Å²) in [6.07, 6.45) is 2.20. The van der Waals surface area contributed by atoms with Crippen molar-refractivity contribution in [1.29, 1.82) is 0 Å². The summed E-state index contributed by atoms with van der Waals surface area (Å²) >= 11 is 1.91. The lowest BCUT2D eigenvalue weighted by Crippen LogP contribution is -2.38. The van der Waals surface area contributed by atoms with E-state index in [0.717, 1.165) is 46.8 Å². The Kier molecular flexibility index (Phi) is 4.29. The van der Waals surface area contributed by atoms with Gasteiger partial charge in [0, 0.05) is 42.2 Å². The highest BCUT2D eigenvalue weighted by Gasteiger charge is 2.17. The number of ether oxygens (including phenoxy) is 1. The topological polar surface area (TPSA) is 42.4 Å². The van der Waals surface area contributed by atoms with Gasteiger partial charge in [-0.2, -0.15) is 11.8 Å². The molecule has 1 aromatic carbocycles. The minimum absolute atomic E-state index is 0.207. The van der Waals surface area contributed by atoms with Gasteiger partial charge in [-0.05, 0) is 23.8 Å². The van der Waals surface area contributed by atoms with Crippen LogP contribution in [0.3, 0.4) is 0 Å². The molecule has 2 aromatic rings. The number of hydrogen-bond acceptors (Lipinski definition) is 4. The largest absolute Gasteiger partial charge is 0.497 e. The number of fused-ring (bicyclic) bond motifs is 1. The van der Waals surface area contributed by atoms with Crippen LogP contribution in [0.5, 0.6) is 5.75 Å². The van der Waals surface area contributed by atoms with Gasteiger partial charge in [-0.25, -0.2) is 0 Å². The van der Waals surface area contributed by atoms with Gasteiger partial charge in [-0.1, -0.05) is 0 Å². The van der Waals surface area contributed by atoms with E-state index in [1.807, 2.05) is 40.9 Å². The molecule has 1 fully saturated rings. The summed E-state index contributed by atoms with van der Waals surface area (Å²) in [7, 11) is 1.64. The fraction of sp³-hybridized carbons (Fsp3) is 0.375. The molecule has 21 heavy (non-hydrogen) atoms. The second-order valence-corrected chi connectivity index (χ2v) is 6.25. The van der Waals surface area contributed by atoms with Gasteiger partial charge in [-0.15, -0.1) is 0 Å². The Bertz CT molecular complexity index is 654. The lowest BCUT2D eigenvalue weighted by molar-refractivity contribution is -0.130. The number of benzene rings is 1. The molecular weight excluding hydrogens is 284 g/mol. The van der Waals surface area contributed by atoms with E-state index >= 15 is 0 Å². The van der Waals surface area contributed by atoms with Crippen LogP contribution in [0.4, 0.5) is 0 Å². The number of methoxy groups -OCH3 is 1. The number of carbonyl (C=O) groups excluding carboxylic acids is 1. The molecule has 0 saturated carbocycles. The first kappa shape index (κ1) is 14.2. The Morgan fingerprint density at radius 1 is 1.33 bits per heavy atom. The van der Waals surface area contributed by atoms with Crippen molar-refractivity contribution < 1.29 is 9.53 Å². The van der Waals surface area contributed by atoms with Crippen molar-refractivity contribution in [3.63, 3.8) is 0 Å². The van der Waals surface area contributed by atoms with Gasteiger partial charge in [0.2, 0.25) is 5.91 Å². The second kappa shape index (κ2) is 6.35. The van der Waals surface area contributed by atoms with Crippen LogP contribution in [0.2, 0.25) is 0 Å². The molecule has 1 aliphatic heterocycles. The van der Waals surface area contributed by atoms with E-state index in [0.29, 0.717) is 6.42 Å². The summed E-state index contributed by atoms with van der Waals surface area (Å²) in [6.45, 7) is 1.72. The SMILES string of the molecule is COc1ccc2c(CC(=O)N3CCSCC3)ccnc2c1. The molecule has 0 atom stereocenters. The monoisotopic (exact) mass is 302 g/mol. The minimum Gasteiger partial charge on any atom is -0.497 e. The van der Waals surface area contributed by atoms with Gasteiger partial charge in [0.1, 0.15) is 5.75 Å². The summed E-state index contributed by atoms with van der Waals surface area (Å²) in [4.78, 5) is 18.7. The quantitative estimate of drug-likeness (QED) is 0.873. The first-order chi connectivity index (χ1) is 10.3.